The Morgan fingerprint density at radius 3 is 2.47 bits per heavy atom. The highest BCUT2D eigenvalue weighted by atomic mass is 35.5. The summed E-state index contributed by atoms with van der Waals surface area (Å²) in [6.45, 7) is 2.16. The van der Waals surface area contributed by atoms with Gasteiger partial charge in [-0.15, -0.1) is 0 Å². The topological polar surface area (TPSA) is 29.1 Å². The predicted octanol–water partition coefficient (Wildman–Crippen LogP) is 2.90. The van der Waals surface area contributed by atoms with E-state index in [9.17, 15) is 4.21 Å². The molecule has 17 heavy (non-hydrogen) atoms. The van der Waals surface area contributed by atoms with E-state index in [-0.39, 0.29) is 0 Å². The van der Waals surface area contributed by atoms with Crippen LogP contribution < -0.4 is 5.32 Å². The molecule has 1 saturated heterocycles. The normalized spacial score (nSPS) is 26.7. The lowest BCUT2D eigenvalue weighted by Crippen LogP contribution is -2.37. The summed E-state index contributed by atoms with van der Waals surface area (Å²) in [6, 6.07) is 8.78. The Morgan fingerprint density at radius 2 is 1.88 bits per heavy atom. The molecule has 0 amide bonds. The van der Waals surface area contributed by atoms with Crippen molar-refractivity contribution in [2.75, 3.05) is 11.5 Å². The molecule has 2 rings (SSSR count). The van der Waals surface area contributed by atoms with Crippen molar-refractivity contribution in [1.29, 1.82) is 0 Å². The zero-order chi connectivity index (χ0) is 12.3. The fourth-order valence-corrected chi connectivity index (χ4v) is 3.59. The number of nitrogens with one attached hydrogen (secondary N) is 1. The lowest BCUT2D eigenvalue weighted by Gasteiger charge is -2.26. The second kappa shape index (κ2) is 5.98. The van der Waals surface area contributed by atoms with Gasteiger partial charge in [0.25, 0.3) is 0 Å². The number of rotatable bonds is 3. The third kappa shape index (κ3) is 3.80. The Labute approximate surface area is 110 Å². The first-order valence-corrected chi connectivity index (χ1v) is 7.88. The average Bonchev–Trinajstić information content (AvgIpc) is 2.33. The van der Waals surface area contributed by atoms with Gasteiger partial charge in [-0.25, -0.2) is 0 Å². The first kappa shape index (κ1) is 13.1. The van der Waals surface area contributed by atoms with Crippen molar-refractivity contribution in [3.63, 3.8) is 0 Å². The molecule has 1 aliphatic heterocycles. The third-order valence-corrected chi connectivity index (χ3v) is 4.88. The van der Waals surface area contributed by atoms with Gasteiger partial charge in [-0.2, -0.15) is 0 Å². The van der Waals surface area contributed by atoms with Crippen molar-refractivity contribution in [3.8, 4) is 0 Å². The summed E-state index contributed by atoms with van der Waals surface area (Å²) in [5, 5.41) is 4.37. The van der Waals surface area contributed by atoms with Crippen LogP contribution in [0.1, 0.15) is 31.4 Å². The predicted molar refractivity (Wildman–Crippen MR) is 73.9 cm³/mol. The lowest BCUT2D eigenvalue weighted by molar-refractivity contribution is 0.427. The van der Waals surface area contributed by atoms with Crippen LogP contribution in [0.15, 0.2) is 24.3 Å². The van der Waals surface area contributed by atoms with Crippen molar-refractivity contribution in [1.82, 2.24) is 5.32 Å². The molecule has 0 spiro atoms. The van der Waals surface area contributed by atoms with Crippen LogP contribution in [0, 0.1) is 0 Å². The summed E-state index contributed by atoms with van der Waals surface area (Å²) in [5.74, 6) is 1.68. The van der Waals surface area contributed by atoms with E-state index in [1.165, 1.54) is 5.56 Å². The van der Waals surface area contributed by atoms with E-state index in [0.29, 0.717) is 12.1 Å². The average molecular weight is 272 g/mol. The molecule has 94 valence electrons. The van der Waals surface area contributed by atoms with Crippen LogP contribution in [-0.2, 0) is 10.8 Å². The number of halogens is 1. The Hall–Kier alpha value is -0.380. The van der Waals surface area contributed by atoms with E-state index in [1.54, 1.807) is 0 Å². The largest absolute Gasteiger partial charge is 0.307 e. The van der Waals surface area contributed by atoms with E-state index in [4.69, 9.17) is 11.6 Å². The van der Waals surface area contributed by atoms with Crippen LogP contribution in [0.3, 0.4) is 0 Å². The zero-order valence-electron chi connectivity index (χ0n) is 9.99. The van der Waals surface area contributed by atoms with E-state index in [0.717, 1.165) is 29.4 Å². The second-order valence-electron chi connectivity index (χ2n) is 4.56. The fraction of sp³-hybridized carbons (Fsp3) is 0.538. The number of hydrogen-bond donors (Lipinski definition) is 1. The monoisotopic (exact) mass is 271 g/mol. The molecule has 0 bridgehead atoms. The maximum Gasteiger partial charge on any atom is 0.0406 e. The molecule has 4 heteroatoms. The molecule has 0 radical (unpaired) electrons. The van der Waals surface area contributed by atoms with E-state index in [2.05, 4.69) is 24.4 Å². The highest BCUT2D eigenvalue weighted by molar-refractivity contribution is 7.85. The maximum atomic E-state index is 11.3. The van der Waals surface area contributed by atoms with Crippen molar-refractivity contribution >= 4 is 22.4 Å². The van der Waals surface area contributed by atoms with Crippen LogP contribution in [0.25, 0.3) is 0 Å². The van der Waals surface area contributed by atoms with Crippen molar-refractivity contribution < 1.29 is 4.21 Å². The minimum absolute atomic E-state index is 0.323. The molecule has 1 fully saturated rings. The van der Waals surface area contributed by atoms with Crippen LogP contribution in [-0.4, -0.2) is 21.8 Å². The summed E-state index contributed by atoms with van der Waals surface area (Å²) in [4.78, 5) is 0. The SMILES string of the molecule is CC(NC1CCS(=O)CC1)c1ccc(Cl)cc1. The quantitative estimate of drug-likeness (QED) is 0.916. The minimum atomic E-state index is -0.581. The molecule has 1 aromatic rings. The van der Waals surface area contributed by atoms with Gasteiger partial charge in [0.05, 0.1) is 0 Å². The smallest absolute Gasteiger partial charge is 0.0406 e. The van der Waals surface area contributed by atoms with Gasteiger partial charge < -0.3 is 5.32 Å². The van der Waals surface area contributed by atoms with Gasteiger partial charge in [0.2, 0.25) is 0 Å². The van der Waals surface area contributed by atoms with Crippen molar-refractivity contribution in [3.05, 3.63) is 34.9 Å². The van der Waals surface area contributed by atoms with Crippen LogP contribution in [0.2, 0.25) is 5.02 Å². The Balaban J connectivity index is 1.90. The van der Waals surface area contributed by atoms with Crippen molar-refractivity contribution in [2.24, 2.45) is 0 Å². The highest BCUT2D eigenvalue weighted by Gasteiger charge is 2.19. The van der Waals surface area contributed by atoms with Gasteiger partial charge >= 0.3 is 0 Å². The standard InChI is InChI=1S/C13H18ClNOS/c1-10(11-2-4-12(14)5-3-11)15-13-6-8-17(16)9-7-13/h2-5,10,13,15H,6-9H2,1H3. The summed E-state index contributed by atoms with van der Waals surface area (Å²) in [6.07, 6.45) is 2.04. The van der Waals surface area contributed by atoms with Gasteiger partial charge in [-0.1, -0.05) is 23.7 Å². The Kier molecular flexibility index (Phi) is 4.60. The zero-order valence-corrected chi connectivity index (χ0v) is 11.6. The Morgan fingerprint density at radius 1 is 1.29 bits per heavy atom. The fourth-order valence-electron chi connectivity index (χ4n) is 2.16. The lowest BCUT2D eigenvalue weighted by atomic mass is 10.1. The molecule has 1 heterocycles. The number of hydrogen-bond acceptors (Lipinski definition) is 2. The first-order chi connectivity index (χ1) is 8.15. The van der Waals surface area contributed by atoms with Crippen LogP contribution in [0.4, 0.5) is 0 Å². The molecule has 1 atom stereocenters. The maximum absolute atomic E-state index is 11.3. The van der Waals surface area contributed by atoms with Crippen LogP contribution in [0.5, 0.6) is 0 Å². The first-order valence-electron chi connectivity index (χ1n) is 6.01. The van der Waals surface area contributed by atoms with Gasteiger partial charge in [-0.3, -0.25) is 4.21 Å². The molecule has 2 nitrogen and oxygen atoms in total. The second-order valence-corrected chi connectivity index (χ2v) is 6.69. The van der Waals surface area contributed by atoms with Gasteiger partial charge in [0, 0.05) is 39.4 Å². The third-order valence-electron chi connectivity index (χ3n) is 3.24. The molecular formula is C13H18ClNOS. The summed E-state index contributed by atoms with van der Waals surface area (Å²) in [5.41, 5.74) is 1.25. The molecule has 1 aliphatic rings. The molecular weight excluding hydrogens is 254 g/mol. The van der Waals surface area contributed by atoms with E-state index in [1.807, 2.05) is 12.1 Å². The summed E-state index contributed by atoms with van der Waals surface area (Å²) in [7, 11) is -0.581. The Bertz CT molecular complexity index is 383. The summed E-state index contributed by atoms with van der Waals surface area (Å²) < 4.78 is 11.3. The molecule has 1 unspecified atom stereocenters. The van der Waals surface area contributed by atoms with E-state index >= 15 is 0 Å². The molecule has 1 aromatic carbocycles. The molecule has 0 aromatic heterocycles. The van der Waals surface area contributed by atoms with Crippen molar-refractivity contribution in [2.45, 2.75) is 31.8 Å². The molecule has 0 saturated carbocycles. The van der Waals surface area contributed by atoms with Gasteiger partial charge in [0.15, 0.2) is 0 Å². The van der Waals surface area contributed by atoms with Gasteiger partial charge in [0.1, 0.15) is 0 Å². The molecule has 1 N–H and O–H groups in total. The van der Waals surface area contributed by atoms with E-state index < -0.39 is 10.8 Å². The van der Waals surface area contributed by atoms with Crippen LogP contribution >= 0.6 is 11.6 Å². The number of benzene rings is 1. The van der Waals surface area contributed by atoms with Gasteiger partial charge in [-0.05, 0) is 37.5 Å². The minimum Gasteiger partial charge on any atom is -0.307 e. The molecule has 0 aliphatic carbocycles. The highest BCUT2D eigenvalue weighted by Crippen LogP contribution is 2.19. The summed E-state index contributed by atoms with van der Waals surface area (Å²) >= 11 is 5.87.